The molecular weight excluding hydrogens is 306 g/mol. The predicted molar refractivity (Wildman–Crippen MR) is 90.5 cm³/mol. The molecule has 24 heavy (non-hydrogen) atoms. The SMILES string of the molecule is CCOC(=O)C1=C(O)C2CCC(COCc3ccccc3)N(C1)C2. The van der Waals surface area contributed by atoms with Crippen LogP contribution in [-0.4, -0.2) is 48.3 Å². The minimum Gasteiger partial charge on any atom is -0.511 e. The summed E-state index contributed by atoms with van der Waals surface area (Å²) < 4.78 is 11.0. The van der Waals surface area contributed by atoms with Crippen LogP contribution >= 0.6 is 0 Å². The van der Waals surface area contributed by atoms with E-state index in [0.717, 1.165) is 24.9 Å². The van der Waals surface area contributed by atoms with Crippen LogP contribution in [0.4, 0.5) is 0 Å². The van der Waals surface area contributed by atoms with Gasteiger partial charge >= 0.3 is 5.97 Å². The van der Waals surface area contributed by atoms with E-state index in [-0.39, 0.29) is 17.7 Å². The number of nitrogens with zero attached hydrogens (tertiary/aromatic N) is 1. The molecule has 0 saturated carbocycles. The van der Waals surface area contributed by atoms with Gasteiger partial charge in [-0.3, -0.25) is 4.90 Å². The molecule has 2 aliphatic heterocycles. The minimum absolute atomic E-state index is 0.0449. The van der Waals surface area contributed by atoms with Gasteiger partial charge in [0.1, 0.15) is 5.76 Å². The number of carbonyl (C=O) groups excluding carboxylic acids is 1. The van der Waals surface area contributed by atoms with Crippen molar-refractivity contribution >= 4 is 5.97 Å². The molecule has 0 aliphatic carbocycles. The van der Waals surface area contributed by atoms with E-state index in [1.807, 2.05) is 18.2 Å². The second kappa shape index (κ2) is 7.81. The fourth-order valence-corrected chi connectivity index (χ4v) is 3.51. The average molecular weight is 331 g/mol. The molecule has 1 N–H and O–H groups in total. The monoisotopic (exact) mass is 331 g/mol. The third-order valence-electron chi connectivity index (χ3n) is 4.82. The van der Waals surface area contributed by atoms with Crippen molar-refractivity contribution in [2.75, 3.05) is 26.3 Å². The first-order valence-corrected chi connectivity index (χ1v) is 8.64. The molecule has 2 bridgehead atoms. The Kier molecular flexibility index (Phi) is 5.53. The maximum atomic E-state index is 12.0. The lowest BCUT2D eigenvalue weighted by Gasteiger charge is -2.43. The Labute approximate surface area is 142 Å². The molecule has 1 saturated heterocycles. The van der Waals surface area contributed by atoms with Crippen molar-refractivity contribution in [3.63, 3.8) is 0 Å². The molecule has 1 fully saturated rings. The quantitative estimate of drug-likeness (QED) is 0.812. The van der Waals surface area contributed by atoms with Gasteiger partial charge in [-0.05, 0) is 25.3 Å². The summed E-state index contributed by atoms with van der Waals surface area (Å²) in [5.74, 6) is -0.118. The molecule has 1 aromatic rings. The van der Waals surface area contributed by atoms with E-state index in [1.165, 1.54) is 0 Å². The van der Waals surface area contributed by atoms with E-state index in [0.29, 0.717) is 31.9 Å². The summed E-state index contributed by atoms with van der Waals surface area (Å²) in [6.07, 6.45) is 1.85. The number of carbonyl (C=O) groups is 1. The summed E-state index contributed by atoms with van der Waals surface area (Å²) in [5.41, 5.74) is 1.58. The van der Waals surface area contributed by atoms with Crippen LogP contribution in [0.3, 0.4) is 0 Å². The van der Waals surface area contributed by atoms with Crippen molar-refractivity contribution in [3.05, 3.63) is 47.2 Å². The van der Waals surface area contributed by atoms with Crippen molar-refractivity contribution in [2.24, 2.45) is 5.92 Å². The number of hydrogen-bond acceptors (Lipinski definition) is 5. The molecule has 0 aromatic heterocycles. The molecule has 2 heterocycles. The van der Waals surface area contributed by atoms with Gasteiger partial charge in [0.25, 0.3) is 0 Å². The van der Waals surface area contributed by atoms with Crippen molar-refractivity contribution in [2.45, 2.75) is 32.4 Å². The second-order valence-corrected chi connectivity index (χ2v) is 6.44. The zero-order valence-corrected chi connectivity index (χ0v) is 14.1. The molecule has 5 nitrogen and oxygen atoms in total. The predicted octanol–water partition coefficient (Wildman–Crippen LogP) is 2.67. The molecule has 3 rings (SSSR count). The fourth-order valence-electron chi connectivity index (χ4n) is 3.51. The first-order valence-electron chi connectivity index (χ1n) is 8.64. The molecule has 130 valence electrons. The van der Waals surface area contributed by atoms with Crippen LogP contribution < -0.4 is 0 Å². The molecule has 3 unspecified atom stereocenters. The minimum atomic E-state index is -0.393. The van der Waals surface area contributed by atoms with Gasteiger partial charge in [0.05, 0.1) is 25.4 Å². The summed E-state index contributed by atoms with van der Waals surface area (Å²) in [7, 11) is 0. The topological polar surface area (TPSA) is 59.0 Å². The molecule has 0 amide bonds. The Bertz CT molecular complexity index is 599. The number of esters is 1. The summed E-state index contributed by atoms with van der Waals surface area (Å²) in [5, 5.41) is 10.3. The maximum Gasteiger partial charge on any atom is 0.338 e. The van der Waals surface area contributed by atoms with Gasteiger partial charge in [-0.1, -0.05) is 30.3 Å². The molecule has 2 aliphatic rings. The van der Waals surface area contributed by atoms with Gasteiger partial charge in [0.15, 0.2) is 0 Å². The molecular formula is C19H25NO4. The van der Waals surface area contributed by atoms with Crippen LogP contribution in [0.25, 0.3) is 0 Å². The zero-order valence-electron chi connectivity index (χ0n) is 14.1. The number of ether oxygens (including phenoxy) is 2. The summed E-state index contributed by atoms with van der Waals surface area (Å²) >= 11 is 0. The number of rotatable bonds is 6. The highest BCUT2D eigenvalue weighted by molar-refractivity contribution is 5.89. The number of piperidine rings is 1. The standard InChI is InChI=1S/C19H25NO4/c1-2-24-19(22)17-11-20-10-15(18(17)21)8-9-16(20)13-23-12-14-6-4-3-5-7-14/h3-7,15-16,21H,2,8-13H2,1H3. The van der Waals surface area contributed by atoms with Crippen LogP contribution in [0.5, 0.6) is 0 Å². The third-order valence-corrected chi connectivity index (χ3v) is 4.82. The normalized spacial score (nSPS) is 26.3. The lowest BCUT2D eigenvalue weighted by atomic mass is 9.85. The van der Waals surface area contributed by atoms with Crippen molar-refractivity contribution in [1.82, 2.24) is 4.90 Å². The highest BCUT2D eigenvalue weighted by Crippen LogP contribution is 2.33. The Hall–Kier alpha value is -1.85. The summed E-state index contributed by atoms with van der Waals surface area (Å²) in [4.78, 5) is 14.3. The van der Waals surface area contributed by atoms with Gasteiger partial charge in [-0.25, -0.2) is 4.79 Å². The van der Waals surface area contributed by atoms with E-state index >= 15 is 0 Å². The molecule has 1 aromatic carbocycles. The van der Waals surface area contributed by atoms with E-state index < -0.39 is 5.97 Å². The molecule has 0 spiro atoms. The number of hydrogen-bond donors (Lipinski definition) is 1. The fraction of sp³-hybridized carbons (Fsp3) is 0.526. The lowest BCUT2D eigenvalue weighted by Crippen LogP contribution is -2.51. The molecule has 5 heteroatoms. The summed E-state index contributed by atoms with van der Waals surface area (Å²) in [6, 6.07) is 10.4. The van der Waals surface area contributed by atoms with Crippen LogP contribution in [-0.2, 0) is 20.9 Å². The largest absolute Gasteiger partial charge is 0.511 e. The number of aliphatic hydroxyl groups is 1. The Morgan fingerprint density at radius 1 is 1.29 bits per heavy atom. The Morgan fingerprint density at radius 3 is 2.83 bits per heavy atom. The van der Waals surface area contributed by atoms with E-state index in [1.54, 1.807) is 6.92 Å². The number of aliphatic hydroxyl groups excluding tert-OH is 1. The van der Waals surface area contributed by atoms with Gasteiger partial charge in [-0.15, -0.1) is 0 Å². The van der Waals surface area contributed by atoms with Crippen LogP contribution in [0, 0.1) is 5.92 Å². The van der Waals surface area contributed by atoms with E-state index in [9.17, 15) is 9.90 Å². The van der Waals surface area contributed by atoms with Gasteiger partial charge < -0.3 is 14.6 Å². The molecule has 0 radical (unpaired) electrons. The van der Waals surface area contributed by atoms with Gasteiger partial charge in [0.2, 0.25) is 0 Å². The maximum absolute atomic E-state index is 12.0. The highest BCUT2D eigenvalue weighted by Gasteiger charge is 2.38. The first-order chi connectivity index (χ1) is 11.7. The Balaban J connectivity index is 1.58. The van der Waals surface area contributed by atoms with Crippen LogP contribution in [0.1, 0.15) is 25.3 Å². The van der Waals surface area contributed by atoms with Crippen LogP contribution in [0.15, 0.2) is 41.7 Å². The third kappa shape index (κ3) is 3.79. The Morgan fingerprint density at radius 2 is 2.08 bits per heavy atom. The van der Waals surface area contributed by atoms with Gasteiger partial charge in [-0.2, -0.15) is 0 Å². The number of benzene rings is 1. The smallest absolute Gasteiger partial charge is 0.338 e. The lowest BCUT2D eigenvalue weighted by molar-refractivity contribution is -0.139. The van der Waals surface area contributed by atoms with E-state index in [2.05, 4.69) is 17.0 Å². The van der Waals surface area contributed by atoms with Gasteiger partial charge in [0, 0.05) is 25.0 Å². The van der Waals surface area contributed by atoms with E-state index in [4.69, 9.17) is 9.47 Å². The van der Waals surface area contributed by atoms with Crippen molar-refractivity contribution in [1.29, 1.82) is 0 Å². The van der Waals surface area contributed by atoms with Crippen LogP contribution in [0.2, 0.25) is 0 Å². The first kappa shape index (κ1) is 17.0. The summed E-state index contributed by atoms with van der Waals surface area (Å²) in [6.45, 7) is 4.57. The molecule has 3 atom stereocenters. The zero-order chi connectivity index (χ0) is 16.9. The van der Waals surface area contributed by atoms with Crippen molar-refractivity contribution in [3.8, 4) is 0 Å². The van der Waals surface area contributed by atoms with Crippen molar-refractivity contribution < 1.29 is 19.4 Å². The second-order valence-electron chi connectivity index (χ2n) is 6.44. The number of fused-ring (bicyclic) bond motifs is 2. The highest BCUT2D eigenvalue weighted by atomic mass is 16.5. The average Bonchev–Trinajstić information content (AvgIpc) is 2.60.